The first-order valence-corrected chi connectivity index (χ1v) is 3.83. The molecular formula is C8H22F2. The molecule has 0 saturated heterocycles. The minimum atomic E-state index is 0. The van der Waals surface area contributed by atoms with Crippen molar-refractivity contribution in [2.45, 2.75) is 53.4 Å². The Morgan fingerprint density at radius 2 is 0.600 bits per heavy atom. The molecule has 0 N–H and O–H groups in total. The summed E-state index contributed by atoms with van der Waals surface area (Å²) in [5, 5.41) is 0. The van der Waals surface area contributed by atoms with E-state index in [4.69, 9.17) is 0 Å². The molecule has 0 bridgehead atoms. The average Bonchev–Trinajstić information content (AvgIpc) is 1.88. The van der Waals surface area contributed by atoms with Gasteiger partial charge in [0.25, 0.3) is 0 Å². The Morgan fingerprint density at radius 1 is 0.500 bits per heavy atom. The fraction of sp³-hybridized carbons (Fsp3) is 1.00. The molecule has 0 aromatic carbocycles. The van der Waals surface area contributed by atoms with Crippen LogP contribution in [0.4, 0.5) is 9.41 Å². The van der Waals surface area contributed by atoms with Crippen LogP contribution in [0.1, 0.15) is 53.4 Å². The molecule has 0 aliphatic heterocycles. The number of rotatable bonds is 2. The van der Waals surface area contributed by atoms with Crippen LogP contribution in [0.5, 0.6) is 0 Å². The average molecular weight is 156 g/mol. The molecule has 0 heterocycles. The van der Waals surface area contributed by atoms with Gasteiger partial charge in [0.05, 0.1) is 0 Å². The van der Waals surface area contributed by atoms with Crippen molar-refractivity contribution in [2.75, 3.05) is 0 Å². The highest BCUT2D eigenvalue weighted by atomic mass is 19.0. The maximum atomic E-state index is 2.18. The first-order valence-electron chi connectivity index (χ1n) is 3.83. The molecule has 0 fully saturated rings. The second-order valence-corrected chi connectivity index (χ2v) is 2.00. The predicted molar refractivity (Wildman–Crippen MR) is 46.2 cm³/mol. The largest absolute Gasteiger partial charge is 0.269 e. The van der Waals surface area contributed by atoms with Gasteiger partial charge in [-0.05, 0) is 0 Å². The molecule has 0 atom stereocenters. The molecule has 0 aromatic heterocycles. The lowest BCUT2D eigenvalue weighted by Crippen LogP contribution is -1.47. The monoisotopic (exact) mass is 156 g/mol. The second kappa shape index (κ2) is 36.7. The highest BCUT2D eigenvalue weighted by molar-refractivity contribution is 4.13. The van der Waals surface area contributed by atoms with Crippen molar-refractivity contribution in [1.29, 1.82) is 0 Å². The third-order valence-electron chi connectivity index (χ3n) is 1.000. The second-order valence-electron chi connectivity index (χ2n) is 2.00. The van der Waals surface area contributed by atoms with Crippen LogP contribution in [0.15, 0.2) is 0 Å². The fourth-order valence-electron chi connectivity index (χ4n) is 0. The number of hydrogen-bond acceptors (Lipinski definition) is 0. The lowest BCUT2D eigenvalue weighted by Gasteiger charge is -1.68. The van der Waals surface area contributed by atoms with Crippen LogP contribution in [-0.4, -0.2) is 0 Å². The summed E-state index contributed by atoms with van der Waals surface area (Å²) in [7, 11) is 0. The van der Waals surface area contributed by atoms with Gasteiger partial charge in [0, 0.05) is 0 Å². The fourth-order valence-corrected chi connectivity index (χ4v) is 0. The highest BCUT2D eigenvalue weighted by Crippen LogP contribution is 1.77. The van der Waals surface area contributed by atoms with Crippen molar-refractivity contribution in [3.05, 3.63) is 0 Å². The molecule has 0 saturated carbocycles. The Morgan fingerprint density at radius 3 is 0.600 bits per heavy atom. The SMILES string of the molecule is CCCC.CCCC.F.F. The van der Waals surface area contributed by atoms with E-state index in [1.807, 2.05) is 0 Å². The van der Waals surface area contributed by atoms with Crippen LogP contribution in [-0.2, 0) is 0 Å². The Bertz CT molecular complexity index is 15.2. The molecule has 2 heteroatoms. The Balaban J connectivity index is -0.0000000300. The van der Waals surface area contributed by atoms with Gasteiger partial charge in [-0.3, -0.25) is 9.41 Å². The van der Waals surface area contributed by atoms with Gasteiger partial charge in [-0.25, -0.2) is 0 Å². The van der Waals surface area contributed by atoms with Gasteiger partial charge in [0.1, 0.15) is 0 Å². The van der Waals surface area contributed by atoms with Crippen molar-refractivity contribution in [3.8, 4) is 0 Å². The molecular weight excluding hydrogens is 134 g/mol. The normalized spacial score (nSPS) is 6.00. The minimum Gasteiger partial charge on any atom is -0.269 e. The summed E-state index contributed by atoms with van der Waals surface area (Å²) in [6, 6.07) is 0. The molecule has 0 radical (unpaired) electrons. The molecule has 0 amide bonds. The molecule has 0 rings (SSSR count). The summed E-state index contributed by atoms with van der Waals surface area (Å²) in [5.74, 6) is 0. The van der Waals surface area contributed by atoms with Crippen molar-refractivity contribution in [2.24, 2.45) is 0 Å². The van der Waals surface area contributed by atoms with Crippen LogP contribution < -0.4 is 0 Å². The van der Waals surface area contributed by atoms with E-state index in [2.05, 4.69) is 27.7 Å². The quantitative estimate of drug-likeness (QED) is 0.568. The number of halogens is 2. The highest BCUT2D eigenvalue weighted by Gasteiger charge is 1.56. The third kappa shape index (κ3) is 107. The van der Waals surface area contributed by atoms with E-state index in [1.54, 1.807) is 0 Å². The first-order chi connectivity index (χ1) is 3.83. The molecule has 10 heavy (non-hydrogen) atoms. The lowest BCUT2D eigenvalue weighted by atomic mass is 10.4. The van der Waals surface area contributed by atoms with Crippen LogP contribution in [0.2, 0.25) is 0 Å². The minimum absolute atomic E-state index is 0. The van der Waals surface area contributed by atoms with Gasteiger partial charge in [-0.15, -0.1) is 0 Å². The van der Waals surface area contributed by atoms with Gasteiger partial charge in [0.15, 0.2) is 0 Å². The van der Waals surface area contributed by atoms with E-state index < -0.39 is 0 Å². The number of unbranched alkanes of at least 4 members (excludes halogenated alkanes) is 2. The van der Waals surface area contributed by atoms with Crippen molar-refractivity contribution in [3.63, 3.8) is 0 Å². The molecule has 0 unspecified atom stereocenters. The van der Waals surface area contributed by atoms with E-state index in [9.17, 15) is 0 Å². The lowest BCUT2D eigenvalue weighted by molar-refractivity contribution is 0.886. The first kappa shape index (κ1) is 22.5. The molecule has 0 aromatic rings. The van der Waals surface area contributed by atoms with E-state index in [0.717, 1.165) is 0 Å². The van der Waals surface area contributed by atoms with Gasteiger partial charge in [-0.2, -0.15) is 0 Å². The Kier molecular flexibility index (Phi) is 82.8. The molecule has 68 valence electrons. The third-order valence-corrected chi connectivity index (χ3v) is 1.000. The summed E-state index contributed by atoms with van der Waals surface area (Å²) < 4.78 is 0. The van der Waals surface area contributed by atoms with Crippen molar-refractivity contribution >= 4 is 0 Å². The van der Waals surface area contributed by atoms with Gasteiger partial charge < -0.3 is 0 Å². The summed E-state index contributed by atoms with van der Waals surface area (Å²) in [6.07, 6.45) is 5.28. The molecule has 0 aliphatic carbocycles. The molecule has 0 aliphatic rings. The van der Waals surface area contributed by atoms with Gasteiger partial charge in [-0.1, -0.05) is 53.4 Å². The standard InChI is InChI=1S/2C4H10.2FH/c2*1-3-4-2;;/h2*3-4H2,1-2H3;2*1H. The van der Waals surface area contributed by atoms with Crippen molar-refractivity contribution in [1.82, 2.24) is 0 Å². The summed E-state index contributed by atoms with van der Waals surface area (Å²) in [5.41, 5.74) is 0. The van der Waals surface area contributed by atoms with E-state index in [1.165, 1.54) is 25.7 Å². The van der Waals surface area contributed by atoms with Crippen LogP contribution in [0.3, 0.4) is 0 Å². The van der Waals surface area contributed by atoms with Gasteiger partial charge >= 0.3 is 0 Å². The maximum Gasteiger partial charge on any atom is -0.0564 e. The van der Waals surface area contributed by atoms with E-state index >= 15 is 0 Å². The zero-order chi connectivity index (χ0) is 6.83. The molecule has 0 nitrogen and oxygen atoms in total. The smallest absolute Gasteiger partial charge is 0.0564 e. The zero-order valence-corrected chi connectivity index (χ0v) is 7.64. The van der Waals surface area contributed by atoms with Crippen LogP contribution >= 0.6 is 0 Å². The molecule has 0 spiro atoms. The van der Waals surface area contributed by atoms with E-state index in [0.29, 0.717) is 0 Å². The maximum absolute atomic E-state index is 2.18. The predicted octanol–water partition coefficient (Wildman–Crippen LogP) is 3.92. The summed E-state index contributed by atoms with van der Waals surface area (Å²) >= 11 is 0. The Labute approximate surface area is 63.8 Å². The number of hydrogen-bond donors (Lipinski definition) is 0. The Hall–Kier alpha value is -0.140. The van der Waals surface area contributed by atoms with Crippen LogP contribution in [0, 0.1) is 0 Å². The van der Waals surface area contributed by atoms with Gasteiger partial charge in [0.2, 0.25) is 0 Å². The topological polar surface area (TPSA) is 0 Å². The summed E-state index contributed by atoms with van der Waals surface area (Å²) in [6.45, 7) is 8.72. The zero-order valence-electron chi connectivity index (χ0n) is 7.64. The van der Waals surface area contributed by atoms with E-state index in [-0.39, 0.29) is 9.41 Å². The van der Waals surface area contributed by atoms with Crippen LogP contribution in [0.25, 0.3) is 0 Å². The van der Waals surface area contributed by atoms with Crippen molar-refractivity contribution < 1.29 is 9.41 Å². The summed E-state index contributed by atoms with van der Waals surface area (Å²) in [4.78, 5) is 0.